The molecule has 0 saturated carbocycles. The summed E-state index contributed by atoms with van der Waals surface area (Å²) in [7, 11) is -1.24. The topological polar surface area (TPSA) is 75.7 Å². The van der Waals surface area contributed by atoms with Crippen molar-refractivity contribution in [2.75, 3.05) is 14.2 Å². The van der Waals surface area contributed by atoms with Gasteiger partial charge in [-0.2, -0.15) is 0 Å². The first-order chi connectivity index (χ1) is 11.3. The first-order valence-electron chi connectivity index (χ1n) is 7.00. The number of nitrogens with zero attached hydrogens (tertiary/aromatic N) is 1. The van der Waals surface area contributed by atoms with Crippen molar-refractivity contribution in [1.29, 1.82) is 0 Å². The molecule has 2 aromatic carbocycles. The summed E-state index contributed by atoms with van der Waals surface area (Å²) >= 11 is 0. The van der Waals surface area contributed by atoms with Crippen LogP contribution in [0, 0.1) is 5.82 Å². The number of hydroxylamine groups is 1. The quantitative estimate of drug-likeness (QED) is 0.806. The zero-order valence-corrected chi connectivity index (χ0v) is 14.0. The van der Waals surface area contributed by atoms with Gasteiger partial charge in [0.15, 0.2) is 0 Å². The molecule has 0 aliphatic heterocycles. The van der Waals surface area contributed by atoms with Gasteiger partial charge in [0, 0.05) is 19.2 Å². The molecule has 0 atom stereocenters. The summed E-state index contributed by atoms with van der Waals surface area (Å²) in [6.45, 7) is 0.170. The monoisotopic (exact) mass is 352 g/mol. The van der Waals surface area contributed by atoms with Gasteiger partial charge in [-0.3, -0.25) is 9.63 Å². The zero-order valence-electron chi connectivity index (χ0n) is 13.2. The molecule has 0 aliphatic carbocycles. The van der Waals surface area contributed by atoms with E-state index in [1.807, 2.05) is 0 Å². The molecule has 0 radical (unpaired) electrons. The van der Waals surface area contributed by atoms with Crippen LogP contribution in [0.25, 0.3) is 0 Å². The predicted octanol–water partition coefficient (Wildman–Crippen LogP) is 1.94. The van der Waals surface area contributed by atoms with Crippen molar-refractivity contribution in [3.8, 4) is 0 Å². The van der Waals surface area contributed by atoms with Crippen LogP contribution < -0.4 is 5.32 Å². The third-order valence-corrected chi connectivity index (χ3v) is 5.05. The van der Waals surface area contributed by atoms with Crippen molar-refractivity contribution < 1.29 is 22.4 Å². The number of sulfonamides is 1. The van der Waals surface area contributed by atoms with Crippen molar-refractivity contribution in [2.24, 2.45) is 0 Å². The molecule has 2 aromatic rings. The van der Waals surface area contributed by atoms with Crippen molar-refractivity contribution in [1.82, 2.24) is 9.79 Å². The number of carbonyl (C=O) groups is 1. The Labute approximate surface area is 139 Å². The molecular formula is C16H17FN2O4S. The van der Waals surface area contributed by atoms with Gasteiger partial charge in [-0.1, -0.05) is 16.6 Å². The molecule has 8 heteroatoms. The number of hydrogen-bond donors (Lipinski definition) is 1. The Hall–Kier alpha value is -2.29. The number of halogens is 1. The normalized spacial score (nSPS) is 11.5. The van der Waals surface area contributed by atoms with Crippen molar-refractivity contribution in [2.45, 2.75) is 11.4 Å². The summed E-state index contributed by atoms with van der Waals surface area (Å²) in [6, 6.07) is 11.3. The third-order valence-electron chi connectivity index (χ3n) is 3.35. The minimum atomic E-state index is -3.75. The smallest absolute Gasteiger partial charge is 0.264 e. The second-order valence-electron chi connectivity index (χ2n) is 4.93. The fraction of sp³-hybridized carbons (Fsp3) is 0.188. The molecule has 2 rings (SSSR count). The van der Waals surface area contributed by atoms with E-state index in [4.69, 9.17) is 0 Å². The van der Waals surface area contributed by atoms with E-state index >= 15 is 0 Å². The van der Waals surface area contributed by atoms with Gasteiger partial charge in [-0.25, -0.2) is 12.8 Å². The van der Waals surface area contributed by atoms with E-state index in [0.717, 1.165) is 4.47 Å². The van der Waals surface area contributed by atoms with E-state index in [0.29, 0.717) is 11.1 Å². The fourth-order valence-electron chi connectivity index (χ4n) is 1.96. The van der Waals surface area contributed by atoms with Crippen molar-refractivity contribution >= 4 is 15.9 Å². The average Bonchev–Trinajstić information content (AvgIpc) is 2.59. The number of carbonyl (C=O) groups excluding carboxylic acids is 1. The van der Waals surface area contributed by atoms with E-state index in [-0.39, 0.29) is 23.2 Å². The first kappa shape index (κ1) is 18.1. The highest BCUT2D eigenvalue weighted by atomic mass is 32.2. The Bertz CT molecular complexity index is 822. The van der Waals surface area contributed by atoms with Gasteiger partial charge in [0.05, 0.1) is 12.0 Å². The van der Waals surface area contributed by atoms with Crippen LogP contribution in [0.15, 0.2) is 53.4 Å². The summed E-state index contributed by atoms with van der Waals surface area (Å²) in [5, 5.41) is 2.64. The van der Waals surface area contributed by atoms with Crippen LogP contribution in [0.1, 0.15) is 15.9 Å². The molecular weight excluding hydrogens is 335 g/mol. The summed E-state index contributed by atoms with van der Waals surface area (Å²) in [5.41, 5.74) is 0.926. The lowest BCUT2D eigenvalue weighted by atomic mass is 10.2. The zero-order chi connectivity index (χ0) is 17.7. The van der Waals surface area contributed by atoms with Gasteiger partial charge in [-0.05, 0) is 42.0 Å². The highest BCUT2D eigenvalue weighted by molar-refractivity contribution is 7.89. The minimum Gasteiger partial charge on any atom is -0.348 e. The van der Waals surface area contributed by atoms with Crippen LogP contribution in [0.4, 0.5) is 4.39 Å². The van der Waals surface area contributed by atoms with Crippen LogP contribution in [0.2, 0.25) is 0 Å². The largest absolute Gasteiger partial charge is 0.348 e. The van der Waals surface area contributed by atoms with Crippen molar-refractivity contribution in [3.63, 3.8) is 0 Å². The Morgan fingerprint density at radius 2 is 1.88 bits per heavy atom. The molecule has 0 unspecified atom stereocenters. The summed E-state index contributed by atoms with van der Waals surface area (Å²) in [6.07, 6.45) is 0. The lowest BCUT2D eigenvalue weighted by Gasteiger charge is -2.14. The van der Waals surface area contributed by atoms with Crippen molar-refractivity contribution in [3.05, 3.63) is 65.5 Å². The van der Waals surface area contributed by atoms with E-state index < -0.39 is 10.0 Å². The Kier molecular flexibility index (Phi) is 5.66. The Balaban J connectivity index is 2.06. The molecule has 0 bridgehead atoms. The molecule has 1 N–H and O–H groups in total. The minimum absolute atomic E-state index is 0.00790. The number of benzene rings is 2. The van der Waals surface area contributed by atoms with E-state index in [9.17, 15) is 17.6 Å². The van der Waals surface area contributed by atoms with Gasteiger partial charge in [0.2, 0.25) is 0 Å². The van der Waals surface area contributed by atoms with Gasteiger partial charge < -0.3 is 5.32 Å². The molecule has 0 saturated heterocycles. The van der Waals surface area contributed by atoms with Crippen LogP contribution in [0.5, 0.6) is 0 Å². The molecule has 128 valence electrons. The van der Waals surface area contributed by atoms with E-state index in [1.165, 1.54) is 50.6 Å². The Morgan fingerprint density at radius 1 is 1.21 bits per heavy atom. The summed E-state index contributed by atoms with van der Waals surface area (Å²) in [5.74, 6) is -0.762. The maximum absolute atomic E-state index is 13.1. The molecule has 0 spiro atoms. The summed E-state index contributed by atoms with van der Waals surface area (Å²) in [4.78, 5) is 16.8. The molecule has 24 heavy (non-hydrogen) atoms. The summed E-state index contributed by atoms with van der Waals surface area (Å²) < 4.78 is 37.9. The maximum atomic E-state index is 13.1. The molecule has 0 heterocycles. The standard InChI is InChI=1S/C16H17FN2O4S/c1-19(23-2)24(21,22)15-8-6-13(7-9-15)16(20)18-11-12-4-3-5-14(17)10-12/h3-10H,11H2,1-2H3,(H,18,20). The highest BCUT2D eigenvalue weighted by Crippen LogP contribution is 2.15. The van der Waals surface area contributed by atoms with Crippen LogP contribution in [-0.4, -0.2) is 33.0 Å². The molecule has 0 fully saturated rings. The van der Waals surface area contributed by atoms with E-state index in [1.54, 1.807) is 12.1 Å². The van der Waals surface area contributed by atoms with Gasteiger partial charge in [0.25, 0.3) is 15.9 Å². The van der Waals surface area contributed by atoms with Crippen LogP contribution >= 0.6 is 0 Å². The molecule has 0 aromatic heterocycles. The van der Waals surface area contributed by atoms with Crippen LogP contribution in [0.3, 0.4) is 0 Å². The fourth-order valence-corrected chi connectivity index (χ4v) is 2.93. The van der Waals surface area contributed by atoms with Crippen LogP contribution in [-0.2, 0) is 21.4 Å². The number of amides is 1. The second kappa shape index (κ2) is 7.52. The number of hydrogen-bond acceptors (Lipinski definition) is 4. The lowest BCUT2D eigenvalue weighted by molar-refractivity contribution is -0.0258. The van der Waals surface area contributed by atoms with Gasteiger partial charge in [0.1, 0.15) is 5.82 Å². The highest BCUT2D eigenvalue weighted by Gasteiger charge is 2.20. The average molecular weight is 352 g/mol. The SMILES string of the molecule is CON(C)S(=O)(=O)c1ccc(C(=O)NCc2cccc(F)c2)cc1. The molecule has 0 aliphatic rings. The number of rotatable bonds is 6. The predicted molar refractivity (Wildman–Crippen MR) is 86.0 cm³/mol. The second-order valence-corrected chi connectivity index (χ2v) is 6.87. The maximum Gasteiger partial charge on any atom is 0.264 e. The Morgan fingerprint density at radius 3 is 2.46 bits per heavy atom. The molecule has 1 amide bonds. The molecule has 6 nitrogen and oxygen atoms in total. The lowest BCUT2D eigenvalue weighted by Crippen LogP contribution is -2.26. The van der Waals surface area contributed by atoms with Gasteiger partial charge in [-0.15, -0.1) is 0 Å². The first-order valence-corrected chi connectivity index (χ1v) is 8.44. The van der Waals surface area contributed by atoms with Gasteiger partial charge >= 0.3 is 0 Å². The van der Waals surface area contributed by atoms with E-state index in [2.05, 4.69) is 10.2 Å². The third kappa shape index (κ3) is 4.16. The number of nitrogens with one attached hydrogen (secondary N) is 1.